The molecule has 2 heterocycles. The van der Waals surface area contributed by atoms with Gasteiger partial charge in [-0.2, -0.15) is 0 Å². The highest BCUT2D eigenvalue weighted by molar-refractivity contribution is 7.10. The molecule has 1 fully saturated rings. The van der Waals surface area contributed by atoms with E-state index in [1.54, 1.807) is 11.3 Å². The molecule has 2 N–H and O–H groups in total. The summed E-state index contributed by atoms with van der Waals surface area (Å²) in [6.45, 7) is 2.96. The number of nitrogens with two attached hydrogens (primary N) is 1. The summed E-state index contributed by atoms with van der Waals surface area (Å²) in [5.41, 5.74) is 8.43. The summed E-state index contributed by atoms with van der Waals surface area (Å²) in [5.74, 6) is 0. The fourth-order valence-corrected chi connectivity index (χ4v) is 3.27. The van der Waals surface area contributed by atoms with Gasteiger partial charge in [-0.15, -0.1) is 11.3 Å². The molecule has 0 radical (unpaired) electrons. The van der Waals surface area contributed by atoms with E-state index in [1.165, 1.54) is 0 Å². The van der Waals surface area contributed by atoms with E-state index in [0.717, 1.165) is 41.4 Å². The van der Waals surface area contributed by atoms with Crippen molar-refractivity contribution >= 4 is 17.0 Å². The van der Waals surface area contributed by atoms with E-state index in [-0.39, 0.29) is 5.60 Å². The molecule has 1 unspecified atom stereocenters. The Bertz CT molecular complexity index is 558. The summed E-state index contributed by atoms with van der Waals surface area (Å²) in [7, 11) is 0. The summed E-state index contributed by atoms with van der Waals surface area (Å²) < 4.78 is 5.82. The average Bonchev–Trinajstić information content (AvgIpc) is 2.98. The molecular weight excluding hydrogens is 244 g/mol. The molecule has 4 heteroatoms. The van der Waals surface area contributed by atoms with Crippen LogP contribution in [0.1, 0.15) is 24.8 Å². The lowest BCUT2D eigenvalue weighted by atomic mass is 10.0. The average molecular weight is 260 g/mol. The van der Waals surface area contributed by atoms with E-state index < -0.39 is 0 Å². The van der Waals surface area contributed by atoms with Crippen molar-refractivity contribution in [2.24, 2.45) is 0 Å². The molecule has 18 heavy (non-hydrogen) atoms. The second kappa shape index (κ2) is 4.37. The van der Waals surface area contributed by atoms with Gasteiger partial charge < -0.3 is 10.5 Å². The fraction of sp³-hybridized carbons (Fsp3) is 0.357. The van der Waals surface area contributed by atoms with Crippen molar-refractivity contribution < 1.29 is 4.74 Å². The smallest absolute Gasteiger partial charge is 0.125 e. The second-order valence-corrected chi connectivity index (χ2v) is 5.70. The van der Waals surface area contributed by atoms with Gasteiger partial charge in [-0.25, -0.2) is 4.98 Å². The summed E-state index contributed by atoms with van der Waals surface area (Å²) in [6.07, 6.45) is 2.17. The molecule has 0 amide bonds. The molecule has 0 saturated carbocycles. The standard InChI is InChI=1S/C14H16N2OS/c1-14(6-3-7-17-14)13-16-12(9-18-13)10-4-2-5-11(15)8-10/h2,4-5,8-9H,3,6-7,15H2,1H3. The Morgan fingerprint density at radius 2 is 2.33 bits per heavy atom. The van der Waals surface area contributed by atoms with Crippen molar-refractivity contribution in [2.75, 3.05) is 12.3 Å². The second-order valence-electron chi connectivity index (χ2n) is 4.85. The highest BCUT2D eigenvalue weighted by Gasteiger charge is 2.34. The number of nitrogens with zero attached hydrogens (tertiary/aromatic N) is 1. The minimum atomic E-state index is -0.191. The van der Waals surface area contributed by atoms with Crippen molar-refractivity contribution in [3.05, 3.63) is 34.7 Å². The van der Waals surface area contributed by atoms with Crippen molar-refractivity contribution in [1.82, 2.24) is 4.98 Å². The number of rotatable bonds is 2. The Kier molecular flexibility index (Phi) is 2.84. The van der Waals surface area contributed by atoms with Gasteiger partial charge in [0.25, 0.3) is 0 Å². The maximum atomic E-state index is 5.82. The van der Waals surface area contributed by atoms with E-state index in [1.807, 2.05) is 24.3 Å². The minimum absolute atomic E-state index is 0.191. The highest BCUT2D eigenvalue weighted by atomic mass is 32.1. The number of nitrogen functional groups attached to an aromatic ring is 1. The van der Waals surface area contributed by atoms with Crippen LogP contribution in [0.25, 0.3) is 11.3 Å². The molecule has 1 atom stereocenters. The van der Waals surface area contributed by atoms with E-state index in [4.69, 9.17) is 15.5 Å². The Morgan fingerprint density at radius 1 is 1.44 bits per heavy atom. The molecule has 1 aromatic carbocycles. The van der Waals surface area contributed by atoms with Gasteiger partial charge in [-0.3, -0.25) is 0 Å². The third kappa shape index (κ3) is 2.02. The summed E-state index contributed by atoms with van der Waals surface area (Å²) in [4.78, 5) is 4.71. The fourth-order valence-electron chi connectivity index (χ4n) is 2.29. The molecule has 2 aromatic rings. The third-order valence-corrected chi connectivity index (χ3v) is 4.45. The van der Waals surface area contributed by atoms with Crippen molar-refractivity contribution in [3.8, 4) is 11.3 Å². The predicted molar refractivity (Wildman–Crippen MR) is 74.5 cm³/mol. The van der Waals surface area contributed by atoms with Gasteiger partial charge in [0.2, 0.25) is 0 Å². The van der Waals surface area contributed by atoms with E-state index in [2.05, 4.69) is 12.3 Å². The lowest BCUT2D eigenvalue weighted by Crippen LogP contribution is -2.19. The summed E-state index contributed by atoms with van der Waals surface area (Å²) in [6, 6.07) is 7.83. The molecule has 0 bridgehead atoms. The van der Waals surface area contributed by atoms with Crippen LogP contribution < -0.4 is 5.73 Å². The Balaban J connectivity index is 1.94. The van der Waals surface area contributed by atoms with Crippen molar-refractivity contribution in [2.45, 2.75) is 25.4 Å². The lowest BCUT2D eigenvalue weighted by molar-refractivity contribution is 0.0167. The number of hydrogen-bond acceptors (Lipinski definition) is 4. The van der Waals surface area contributed by atoms with Crippen LogP contribution in [0.5, 0.6) is 0 Å². The minimum Gasteiger partial charge on any atom is -0.399 e. The number of aromatic nitrogens is 1. The van der Waals surface area contributed by atoms with Crippen LogP contribution in [0.4, 0.5) is 5.69 Å². The Morgan fingerprint density at radius 3 is 3.06 bits per heavy atom. The number of ether oxygens (including phenoxy) is 1. The van der Waals surface area contributed by atoms with Crippen LogP contribution in [0.15, 0.2) is 29.6 Å². The zero-order valence-electron chi connectivity index (χ0n) is 10.3. The van der Waals surface area contributed by atoms with Crippen LogP contribution >= 0.6 is 11.3 Å². The molecule has 1 aliphatic heterocycles. The molecule has 1 saturated heterocycles. The molecule has 3 rings (SSSR count). The van der Waals surface area contributed by atoms with Gasteiger partial charge >= 0.3 is 0 Å². The Hall–Kier alpha value is -1.39. The molecular formula is C14H16N2OS. The maximum absolute atomic E-state index is 5.82. The SMILES string of the molecule is CC1(c2nc(-c3cccc(N)c3)cs2)CCCO1. The van der Waals surface area contributed by atoms with Crippen molar-refractivity contribution in [1.29, 1.82) is 0 Å². The largest absolute Gasteiger partial charge is 0.399 e. The van der Waals surface area contributed by atoms with E-state index in [9.17, 15) is 0 Å². The number of anilines is 1. The van der Waals surface area contributed by atoms with E-state index in [0.29, 0.717) is 0 Å². The Labute approximate surface area is 111 Å². The van der Waals surface area contributed by atoms with Gasteiger partial charge in [-0.05, 0) is 31.9 Å². The van der Waals surface area contributed by atoms with Crippen molar-refractivity contribution in [3.63, 3.8) is 0 Å². The summed E-state index contributed by atoms with van der Waals surface area (Å²) >= 11 is 1.67. The molecule has 1 aromatic heterocycles. The van der Waals surface area contributed by atoms with Gasteiger partial charge in [0, 0.05) is 23.2 Å². The van der Waals surface area contributed by atoms with Gasteiger partial charge in [0.15, 0.2) is 0 Å². The topological polar surface area (TPSA) is 48.1 Å². The molecule has 94 valence electrons. The maximum Gasteiger partial charge on any atom is 0.125 e. The highest BCUT2D eigenvalue weighted by Crippen LogP contribution is 2.38. The number of benzene rings is 1. The van der Waals surface area contributed by atoms with Gasteiger partial charge in [-0.1, -0.05) is 12.1 Å². The molecule has 0 spiro atoms. The van der Waals surface area contributed by atoms with Crippen LogP contribution in [0.3, 0.4) is 0 Å². The molecule has 3 nitrogen and oxygen atoms in total. The lowest BCUT2D eigenvalue weighted by Gasteiger charge is -2.19. The van der Waals surface area contributed by atoms with Crippen LogP contribution in [-0.4, -0.2) is 11.6 Å². The number of hydrogen-bond donors (Lipinski definition) is 1. The zero-order valence-corrected chi connectivity index (χ0v) is 11.2. The summed E-state index contributed by atoms with van der Waals surface area (Å²) in [5, 5.41) is 3.15. The van der Waals surface area contributed by atoms with Crippen LogP contribution in [0.2, 0.25) is 0 Å². The van der Waals surface area contributed by atoms with Crippen LogP contribution in [-0.2, 0) is 10.3 Å². The first kappa shape index (κ1) is 11.7. The van der Waals surface area contributed by atoms with E-state index >= 15 is 0 Å². The monoisotopic (exact) mass is 260 g/mol. The first-order chi connectivity index (χ1) is 8.67. The quantitative estimate of drug-likeness (QED) is 0.842. The first-order valence-corrected chi connectivity index (χ1v) is 7.01. The zero-order chi connectivity index (χ0) is 12.6. The molecule has 1 aliphatic rings. The van der Waals surface area contributed by atoms with Gasteiger partial charge in [0.1, 0.15) is 10.6 Å². The molecule has 0 aliphatic carbocycles. The number of thiazole rings is 1. The third-order valence-electron chi connectivity index (χ3n) is 3.36. The normalized spacial score (nSPS) is 23.4. The predicted octanol–water partition coefficient (Wildman–Crippen LogP) is 3.42. The van der Waals surface area contributed by atoms with Gasteiger partial charge in [0.05, 0.1) is 5.69 Å². The first-order valence-electron chi connectivity index (χ1n) is 6.13. The van der Waals surface area contributed by atoms with Crippen LogP contribution in [0, 0.1) is 0 Å².